The molecule has 0 bridgehead atoms. The first-order valence-corrected chi connectivity index (χ1v) is 6.64. The van der Waals surface area contributed by atoms with Crippen LogP contribution in [0.3, 0.4) is 0 Å². The Morgan fingerprint density at radius 3 is 2.43 bits per heavy atom. The molecule has 0 heterocycles. The predicted octanol–water partition coefficient (Wildman–Crippen LogP) is 1.63. The van der Waals surface area contributed by atoms with Crippen molar-refractivity contribution in [2.45, 2.75) is 0 Å². The van der Waals surface area contributed by atoms with Gasteiger partial charge in [-0.05, 0) is 40.8 Å². The van der Waals surface area contributed by atoms with Gasteiger partial charge in [0.25, 0.3) is 0 Å². The number of carboxylic acid groups (broad SMARTS) is 1. The summed E-state index contributed by atoms with van der Waals surface area (Å²) in [6.45, 7) is 0. The van der Waals surface area contributed by atoms with Crippen molar-refractivity contribution in [3.8, 4) is 0 Å². The van der Waals surface area contributed by atoms with Crippen molar-refractivity contribution in [1.29, 1.82) is 0 Å². The number of carboxylic acids is 1. The van der Waals surface area contributed by atoms with Gasteiger partial charge >= 0.3 is 17.9 Å². The summed E-state index contributed by atoms with van der Waals surface area (Å²) >= 11 is 1.96. The highest BCUT2D eigenvalue weighted by molar-refractivity contribution is 14.1. The maximum atomic E-state index is 11.6. The van der Waals surface area contributed by atoms with Crippen molar-refractivity contribution in [3.63, 3.8) is 0 Å². The normalized spacial score (nSPS) is 10.7. The monoisotopic (exact) mass is 405 g/mol. The minimum atomic E-state index is -1.17. The maximum absolute atomic E-state index is 11.6. The molecule has 0 aliphatic carbocycles. The molecule has 1 rings (SSSR count). The molecular formula is C13H12INO6. The number of esters is 2. The Morgan fingerprint density at radius 1 is 1.24 bits per heavy atom. The SMILES string of the molecule is COC(=O)/C=C(/Nc1ccc(I)cc1C(=O)O)C(=O)OC. The molecule has 1 aromatic rings. The van der Waals surface area contributed by atoms with Gasteiger partial charge in [0.05, 0.1) is 31.5 Å². The fraction of sp³-hybridized carbons (Fsp3) is 0.154. The summed E-state index contributed by atoms with van der Waals surface area (Å²) in [6, 6.07) is 4.57. The van der Waals surface area contributed by atoms with Gasteiger partial charge in [0, 0.05) is 3.57 Å². The minimum Gasteiger partial charge on any atom is -0.478 e. The number of carbonyl (C=O) groups is 3. The van der Waals surface area contributed by atoms with E-state index in [2.05, 4.69) is 14.8 Å². The lowest BCUT2D eigenvalue weighted by Gasteiger charge is -2.11. The minimum absolute atomic E-state index is 0.0402. The van der Waals surface area contributed by atoms with E-state index in [1.807, 2.05) is 22.6 Å². The summed E-state index contributed by atoms with van der Waals surface area (Å²) in [6.07, 6.45) is 0.884. The van der Waals surface area contributed by atoms with Gasteiger partial charge in [-0.2, -0.15) is 0 Å². The molecule has 0 fully saturated rings. The maximum Gasteiger partial charge on any atom is 0.354 e. The molecule has 8 heteroatoms. The number of aromatic carboxylic acids is 1. The van der Waals surface area contributed by atoms with Gasteiger partial charge in [-0.3, -0.25) is 0 Å². The number of methoxy groups -OCH3 is 2. The Labute approximate surface area is 134 Å². The summed E-state index contributed by atoms with van der Waals surface area (Å²) in [7, 11) is 2.29. The molecule has 0 aliphatic rings. The summed E-state index contributed by atoms with van der Waals surface area (Å²) < 4.78 is 9.67. The third-order valence-electron chi connectivity index (χ3n) is 2.35. The number of anilines is 1. The number of hydrogen-bond acceptors (Lipinski definition) is 6. The van der Waals surface area contributed by atoms with E-state index >= 15 is 0 Å². The van der Waals surface area contributed by atoms with Crippen LogP contribution in [0.5, 0.6) is 0 Å². The number of carbonyl (C=O) groups excluding carboxylic acids is 2. The van der Waals surface area contributed by atoms with Crippen LogP contribution in [0.25, 0.3) is 0 Å². The largest absolute Gasteiger partial charge is 0.478 e. The molecule has 0 saturated carbocycles. The predicted molar refractivity (Wildman–Crippen MR) is 81.9 cm³/mol. The highest BCUT2D eigenvalue weighted by Gasteiger charge is 2.17. The van der Waals surface area contributed by atoms with Crippen molar-refractivity contribution >= 4 is 46.2 Å². The van der Waals surface area contributed by atoms with E-state index in [-0.39, 0.29) is 16.9 Å². The second-order valence-electron chi connectivity index (χ2n) is 3.69. The number of nitrogens with one attached hydrogen (secondary N) is 1. The molecule has 0 amide bonds. The van der Waals surface area contributed by atoms with Crippen LogP contribution in [0, 0.1) is 3.57 Å². The van der Waals surface area contributed by atoms with Crippen LogP contribution in [0.2, 0.25) is 0 Å². The number of rotatable bonds is 5. The van der Waals surface area contributed by atoms with Crippen LogP contribution < -0.4 is 5.32 Å². The van der Waals surface area contributed by atoms with Gasteiger partial charge in [0.1, 0.15) is 5.70 Å². The molecule has 7 nitrogen and oxygen atoms in total. The Hall–Kier alpha value is -2.10. The van der Waals surface area contributed by atoms with Gasteiger partial charge in [0.2, 0.25) is 0 Å². The number of halogens is 1. The lowest BCUT2D eigenvalue weighted by Crippen LogP contribution is -2.17. The van der Waals surface area contributed by atoms with Gasteiger partial charge in [-0.1, -0.05) is 0 Å². The summed E-state index contributed by atoms with van der Waals surface area (Å²) in [5, 5.41) is 11.7. The highest BCUT2D eigenvalue weighted by Crippen LogP contribution is 2.21. The second kappa shape index (κ2) is 7.62. The lowest BCUT2D eigenvalue weighted by atomic mass is 10.1. The molecule has 0 atom stereocenters. The van der Waals surface area contributed by atoms with Gasteiger partial charge in [0.15, 0.2) is 0 Å². The Balaban J connectivity index is 3.21. The standard InChI is InChI=1S/C13H12INO6/c1-20-11(16)6-10(13(19)21-2)15-9-4-3-7(14)5-8(9)12(17)18/h3-6,15H,1-2H3,(H,17,18)/b10-6+. The number of ether oxygens (including phenoxy) is 2. The van der Waals surface area contributed by atoms with E-state index in [0.717, 1.165) is 20.3 Å². The van der Waals surface area contributed by atoms with Crippen LogP contribution in [0.1, 0.15) is 10.4 Å². The fourth-order valence-corrected chi connectivity index (χ4v) is 1.87. The first-order valence-electron chi connectivity index (χ1n) is 5.57. The van der Waals surface area contributed by atoms with Crippen molar-refractivity contribution in [2.24, 2.45) is 0 Å². The summed E-state index contributed by atoms with van der Waals surface area (Å²) in [5.41, 5.74) is -0.113. The zero-order chi connectivity index (χ0) is 16.0. The van der Waals surface area contributed by atoms with Crippen LogP contribution in [-0.2, 0) is 19.1 Å². The van der Waals surface area contributed by atoms with Gasteiger partial charge in [-0.15, -0.1) is 0 Å². The van der Waals surface area contributed by atoms with Crippen molar-refractivity contribution in [1.82, 2.24) is 0 Å². The molecule has 21 heavy (non-hydrogen) atoms. The van der Waals surface area contributed by atoms with E-state index < -0.39 is 17.9 Å². The third-order valence-corrected chi connectivity index (χ3v) is 3.02. The average Bonchev–Trinajstić information content (AvgIpc) is 2.46. The Kier molecular flexibility index (Phi) is 6.15. The van der Waals surface area contributed by atoms with Crippen LogP contribution in [0.4, 0.5) is 5.69 Å². The van der Waals surface area contributed by atoms with E-state index in [1.165, 1.54) is 12.1 Å². The molecule has 1 aromatic carbocycles. The van der Waals surface area contributed by atoms with E-state index in [9.17, 15) is 14.4 Å². The van der Waals surface area contributed by atoms with Gasteiger partial charge in [-0.25, -0.2) is 14.4 Å². The molecule has 0 saturated heterocycles. The van der Waals surface area contributed by atoms with E-state index in [0.29, 0.717) is 3.57 Å². The zero-order valence-electron chi connectivity index (χ0n) is 11.2. The zero-order valence-corrected chi connectivity index (χ0v) is 13.3. The van der Waals surface area contributed by atoms with Crippen molar-refractivity contribution in [2.75, 3.05) is 19.5 Å². The van der Waals surface area contributed by atoms with Crippen LogP contribution in [0.15, 0.2) is 30.0 Å². The lowest BCUT2D eigenvalue weighted by molar-refractivity contribution is -0.138. The molecular weight excluding hydrogens is 393 g/mol. The quantitative estimate of drug-likeness (QED) is 0.436. The molecule has 0 spiro atoms. The van der Waals surface area contributed by atoms with Crippen molar-refractivity contribution in [3.05, 3.63) is 39.1 Å². The third kappa shape index (κ3) is 4.74. The fourth-order valence-electron chi connectivity index (χ4n) is 1.38. The highest BCUT2D eigenvalue weighted by atomic mass is 127. The first kappa shape index (κ1) is 17.0. The molecule has 0 radical (unpaired) electrons. The van der Waals surface area contributed by atoms with Crippen molar-refractivity contribution < 1.29 is 29.0 Å². The number of hydrogen-bond donors (Lipinski definition) is 2. The van der Waals surface area contributed by atoms with E-state index in [4.69, 9.17) is 5.11 Å². The molecule has 112 valence electrons. The van der Waals surface area contributed by atoms with Crippen LogP contribution in [-0.4, -0.2) is 37.2 Å². The summed E-state index contributed by atoms with van der Waals surface area (Å²) in [5.74, 6) is -2.76. The first-order chi connectivity index (χ1) is 9.88. The van der Waals surface area contributed by atoms with Gasteiger partial charge < -0.3 is 19.9 Å². The Bertz CT molecular complexity index is 611. The molecule has 0 unspecified atom stereocenters. The Morgan fingerprint density at radius 2 is 1.90 bits per heavy atom. The molecule has 0 aliphatic heterocycles. The van der Waals surface area contributed by atoms with Crippen LogP contribution >= 0.6 is 22.6 Å². The second-order valence-corrected chi connectivity index (χ2v) is 4.94. The smallest absolute Gasteiger partial charge is 0.354 e. The average molecular weight is 405 g/mol. The number of benzene rings is 1. The topological polar surface area (TPSA) is 102 Å². The molecule has 2 N–H and O–H groups in total. The molecule has 0 aromatic heterocycles. The summed E-state index contributed by atoms with van der Waals surface area (Å²) in [4.78, 5) is 34.1. The van der Waals surface area contributed by atoms with E-state index in [1.54, 1.807) is 6.07 Å².